The van der Waals surface area contributed by atoms with Crippen LogP contribution in [0.1, 0.15) is 5.89 Å². The molecule has 10 heteroatoms. The molecule has 0 saturated heterocycles. The van der Waals surface area contributed by atoms with Gasteiger partial charge in [0.25, 0.3) is 0 Å². The van der Waals surface area contributed by atoms with Crippen molar-refractivity contribution in [2.45, 2.75) is 6.18 Å². The van der Waals surface area contributed by atoms with Gasteiger partial charge in [-0.05, 0) is 24.3 Å². The Balaban J connectivity index is 2.25. The predicted molar refractivity (Wildman–Crippen MR) is 68.7 cm³/mol. The molecular weight excluding hydrogens is 305 g/mol. The van der Waals surface area contributed by atoms with Crippen LogP contribution in [-0.2, 0) is 11.0 Å². The quantitative estimate of drug-likeness (QED) is 0.880. The van der Waals surface area contributed by atoms with Crippen LogP contribution in [0.15, 0.2) is 28.8 Å². The third-order valence-electron chi connectivity index (χ3n) is 2.61. The van der Waals surface area contributed by atoms with E-state index in [0.29, 0.717) is 11.3 Å². The van der Waals surface area contributed by atoms with Gasteiger partial charge in [0.05, 0.1) is 12.8 Å². The summed E-state index contributed by atoms with van der Waals surface area (Å²) in [6.07, 6.45) is -4.70. The predicted octanol–water partition coefficient (Wildman–Crippen LogP) is 2.46. The average molecular weight is 316 g/mol. The minimum absolute atomic E-state index is 0.206. The molecule has 1 aromatic heterocycles. The monoisotopic (exact) mass is 316 g/mol. The molecule has 0 saturated carbocycles. The third-order valence-corrected chi connectivity index (χ3v) is 2.61. The van der Waals surface area contributed by atoms with E-state index in [0.717, 1.165) is 5.06 Å². The van der Waals surface area contributed by atoms with Gasteiger partial charge in [-0.2, -0.15) is 23.2 Å². The van der Waals surface area contributed by atoms with E-state index < -0.39 is 18.1 Å². The first-order chi connectivity index (χ1) is 10.4. The Morgan fingerprint density at radius 1 is 1.32 bits per heavy atom. The summed E-state index contributed by atoms with van der Waals surface area (Å²) in [5, 5.41) is 6.62. The summed E-state index contributed by atoms with van der Waals surface area (Å²) < 4.78 is 41.3. The number of alkyl halides is 3. The number of nitrogens with zero attached hydrogens (tertiary/aromatic N) is 3. The van der Waals surface area contributed by atoms with Crippen LogP contribution in [0.3, 0.4) is 0 Å². The number of rotatable bonds is 3. The van der Waals surface area contributed by atoms with E-state index in [1.54, 1.807) is 0 Å². The molecule has 0 spiro atoms. The summed E-state index contributed by atoms with van der Waals surface area (Å²) >= 11 is 0. The second kappa shape index (κ2) is 6.02. The third kappa shape index (κ3) is 3.17. The Morgan fingerprint density at radius 2 is 1.95 bits per heavy atom. The number of carbonyl (C=O) groups is 1. The highest BCUT2D eigenvalue weighted by Gasteiger charge is 2.38. The highest BCUT2D eigenvalue weighted by molar-refractivity contribution is 5.89. The van der Waals surface area contributed by atoms with E-state index in [9.17, 15) is 18.0 Å². The first-order valence-corrected chi connectivity index (χ1v) is 5.94. The molecule has 2 aromatic rings. The number of hydrogen-bond acceptors (Lipinski definition) is 5. The Kier molecular flexibility index (Phi) is 4.31. The lowest BCUT2D eigenvalue weighted by Gasteiger charge is -2.18. The van der Waals surface area contributed by atoms with Crippen molar-refractivity contribution in [1.82, 2.24) is 15.5 Å². The molecule has 0 fully saturated rings. The van der Waals surface area contributed by atoms with E-state index in [1.807, 2.05) is 0 Å². The maximum Gasteiger partial charge on any atom is 0.471 e. The number of urea groups is 1. The Bertz CT molecular complexity index is 654. The molecule has 7 nitrogen and oxygen atoms in total. The summed E-state index contributed by atoms with van der Waals surface area (Å²) in [5.74, 6) is -1.63. The number of anilines is 1. The van der Waals surface area contributed by atoms with Crippen LogP contribution in [0.5, 0.6) is 0 Å². The van der Waals surface area contributed by atoms with Crippen molar-refractivity contribution in [3.05, 3.63) is 30.2 Å². The maximum absolute atomic E-state index is 12.4. The first kappa shape index (κ1) is 15.8. The Hall–Kier alpha value is -2.62. The van der Waals surface area contributed by atoms with E-state index in [1.165, 1.54) is 38.4 Å². The zero-order chi connectivity index (χ0) is 16.3. The molecule has 0 aliphatic carbocycles. The van der Waals surface area contributed by atoms with Crippen molar-refractivity contribution in [3.63, 3.8) is 0 Å². The topological polar surface area (TPSA) is 80.5 Å². The molecule has 0 unspecified atom stereocenters. The normalized spacial score (nSPS) is 11.3. The summed E-state index contributed by atoms with van der Waals surface area (Å²) in [6, 6.07) is 5.31. The van der Waals surface area contributed by atoms with Crippen LogP contribution >= 0.6 is 0 Å². The van der Waals surface area contributed by atoms with Gasteiger partial charge in [-0.15, -0.1) is 0 Å². The molecule has 0 radical (unpaired) electrons. The van der Waals surface area contributed by atoms with Crippen molar-refractivity contribution in [1.29, 1.82) is 0 Å². The van der Waals surface area contributed by atoms with Gasteiger partial charge in [-0.25, -0.2) is 4.79 Å². The minimum Gasteiger partial charge on any atom is -0.339 e. The molecule has 118 valence electrons. The maximum atomic E-state index is 12.4. The molecule has 22 heavy (non-hydrogen) atoms. The molecular formula is C12H11F3N4O3. The Labute approximate surface area is 122 Å². The second-order valence-corrected chi connectivity index (χ2v) is 4.00. The van der Waals surface area contributed by atoms with Crippen molar-refractivity contribution in [3.8, 4) is 11.4 Å². The van der Waals surface area contributed by atoms with Crippen LogP contribution < -0.4 is 10.4 Å². The van der Waals surface area contributed by atoms with Crippen molar-refractivity contribution in [2.24, 2.45) is 0 Å². The molecule has 1 N–H and O–H groups in total. The fraction of sp³-hybridized carbons (Fsp3) is 0.250. The van der Waals surface area contributed by atoms with E-state index in [-0.39, 0.29) is 5.82 Å². The second-order valence-electron chi connectivity index (χ2n) is 4.00. The fourth-order valence-electron chi connectivity index (χ4n) is 1.61. The molecule has 1 aromatic carbocycles. The number of halogens is 3. The van der Waals surface area contributed by atoms with E-state index in [2.05, 4.69) is 20.0 Å². The first-order valence-electron chi connectivity index (χ1n) is 5.94. The summed E-state index contributed by atoms with van der Waals surface area (Å²) in [4.78, 5) is 19.7. The van der Waals surface area contributed by atoms with Crippen LogP contribution in [0.25, 0.3) is 11.4 Å². The zero-order valence-corrected chi connectivity index (χ0v) is 11.5. The lowest BCUT2D eigenvalue weighted by molar-refractivity contribution is -0.159. The number of benzene rings is 1. The fourth-order valence-corrected chi connectivity index (χ4v) is 1.61. The van der Waals surface area contributed by atoms with E-state index >= 15 is 0 Å². The van der Waals surface area contributed by atoms with E-state index in [4.69, 9.17) is 4.84 Å². The van der Waals surface area contributed by atoms with Gasteiger partial charge in [0.15, 0.2) is 0 Å². The molecule has 0 aliphatic heterocycles. The highest BCUT2D eigenvalue weighted by Crippen LogP contribution is 2.29. The lowest BCUT2D eigenvalue weighted by Crippen LogP contribution is -2.37. The standard InChI is InChI=1S/C12H11F3N4O3/c1-16-11(20)19(21-2)8-5-3-7(4-6-8)9-17-10(22-18-9)12(13,14)15/h3-6H,1-2H3,(H,16,20). The molecule has 0 aliphatic rings. The Morgan fingerprint density at radius 3 is 2.41 bits per heavy atom. The van der Waals surface area contributed by atoms with Gasteiger partial charge >= 0.3 is 18.1 Å². The lowest BCUT2D eigenvalue weighted by atomic mass is 10.2. The average Bonchev–Trinajstić information content (AvgIpc) is 2.98. The number of hydroxylamine groups is 1. The van der Waals surface area contributed by atoms with Crippen molar-refractivity contribution in [2.75, 3.05) is 19.2 Å². The number of hydrogen-bond donors (Lipinski definition) is 1. The largest absolute Gasteiger partial charge is 0.471 e. The molecule has 0 atom stereocenters. The summed E-state index contributed by atoms with van der Waals surface area (Å²) in [5.41, 5.74) is 0.682. The summed E-state index contributed by atoms with van der Waals surface area (Å²) in [6.45, 7) is 0. The number of carbonyl (C=O) groups excluding carboxylic acids is 1. The van der Waals surface area contributed by atoms with Crippen molar-refractivity contribution < 1.29 is 27.3 Å². The summed E-state index contributed by atoms with van der Waals surface area (Å²) in [7, 11) is 2.73. The van der Waals surface area contributed by atoms with Gasteiger partial charge in [0.2, 0.25) is 5.82 Å². The SMILES string of the molecule is CNC(=O)N(OC)c1ccc(-c2noc(C(F)(F)F)n2)cc1. The number of aromatic nitrogens is 2. The van der Waals surface area contributed by atoms with Crippen LogP contribution in [0, 0.1) is 0 Å². The minimum atomic E-state index is -4.70. The van der Waals surface area contributed by atoms with Gasteiger partial charge in [-0.3, -0.25) is 4.84 Å². The molecule has 1 heterocycles. The van der Waals surface area contributed by atoms with Gasteiger partial charge in [0, 0.05) is 12.6 Å². The number of amides is 2. The van der Waals surface area contributed by atoms with Gasteiger partial charge in [-0.1, -0.05) is 5.16 Å². The van der Waals surface area contributed by atoms with Crippen LogP contribution in [-0.4, -0.2) is 30.3 Å². The highest BCUT2D eigenvalue weighted by atomic mass is 19.4. The van der Waals surface area contributed by atoms with Crippen LogP contribution in [0.2, 0.25) is 0 Å². The molecule has 2 rings (SSSR count). The van der Waals surface area contributed by atoms with Crippen LogP contribution in [0.4, 0.5) is 23.7 Å². The van der Waals surface area contributed by atoms with Crippen molar-refractivity contribution >= 4 is 11.7 Å². The molecule has 0 bridgehead atoms. The number of nitrogens with one attached hydrogen (secondary N) is 1. The smallest absolute Gasteiger partial charge is 0.339 e. The van der Waals surface area contributed by atoms with Gasteiger partial charge in [0.1, 0.15) is 0 Å². The zero-order valence-electron chi connectivity index (χ0n) is 11.5. The van der Waals surface area contributed by atoms with Gasteiger partial charge < -0.3 is 9.84 Å². The molecule has 2 amide bonds.